The van der Waals surface area contributed by atoms with Crippen molar-refractivity contribution in [2.45, 2.75) is 64.3 Å². The molecular formula is C14H28O3Si. The van der Waals surface area contributed by atoms with Crippen LogP contribution in [0.5, 0.6) is 0 Å². The van der Waals surface area contributed by atoms with E-state index in [9.17, 15) is 4.79 Å². The highest BCUT2D eigenvalue weighted by Crippen LogP contribution is 2.23. The van der Waals surface area contributed by atoms with Gasteiger partial charge in [0.25, 0.3) is 0 Å². The van der Waals surface area contributed by atoms with Crippen LogP contribution in [-0.2, 0) is 9.22 Å². The highest BCUT2D eigenvalue weighted by atomic mass is 28.2. The SMILES string of the molecule is C=C(CCC(CCCCCC)[SiH2]OCC)C(=O)O. The molecule has 18 heavy (non-hydrogen) atoms. The molecule has 3 nitrogen and oxygen atoms in total. The molecule has 0 aliphatic carbocycles. The molecule has 0 spiro atoms. The molecule has 1 unspecified atom stereocenters. The second kappa shape index (κ2) is 11.5. The molecule has 0 aliphatic heterocycles. The number of hydrogen-bond donors (Lipinski definition) is 1. The molecule has 0 aromatic heterocycles. The Morgan fingerprint density at radius 3 is 2.56 bits per heavy atom. The van der Waals surface area contributed by atoms with Gasteiger partial charge < -0.3 is 9.53 Å². The lowest BCUT2D eigenvalue weighted by atomic mass is 10.0. The van der Waals surface area contributed by atoms with Gasteiger partial charge in [-0.1, -0.05) is 45.6 Å². The minimum atomic E-state index is -0.863. The van der Waals surface area contributed by atoms with Crippen molar-refractivity contribution in [3.8, 4) is 0 Å². The lowest BCUT2D eigenvalue weighted by Gasteiger charge is -2.16. The summed E-state index contributed by atoms with van der Waals surface area (Å²) >= 11 is 0. The Kier molecular flexibility index (Phi) is 11.1. The maximum absolute atomic E-state index is 10.7. The zero-order valence-electron chi connectivity index (χ0n) is 11.9. The highest BCUT2D eigenvalue weighted by Gasteiger charge is 2.12. The fraction of sp³-hybridized carbons (Fsp3) is 0.786. The Bertz CT molecular complexity index is 241. The van der Waals surface area contributed by atoms with Crippen molar-refractivity contribution in [3.63, 3.8) is 0 Å². The molecule has 4 heteroatoms. The maximum atomic E-state index is 10.7. The van der Waals surface area contributed by atoms with Gasteiger partial charge in [0.05, 0.1) is 0 Å². The van der Waals surface area contributed by atoms with Gasteiger partial charge in [-0.15, -0.1) is 0 Å². The summed E-state index contributed by atoms with van der Waals surface area (Å²) in [5.41, 5.74) is 0.942. The standard InChI is InChI=1S/C14H28O3Si/c1-4-6-7-8-9-13(18-17-5-2)11-10-12(3)14(15)16/h13H,3-11,18H2,1-2H3,(H,15,16). The summed E-state index contributed by atoms with van der Waals surface area (Å²) in [6.07, 6.45) is 7.82. The molecule has 0 saturated carbocycles. The maximum Gasteiger partial charge on any atom is 0.330 e. The molecule has 1 atom stereocenters. The van der Waals surface area contributed by atoms with Gasteiger partial charge in [-0.05, 0) is 25.3 Å². The first-order valence-corrected chi connectivity index (χ1v) is 8.49. The fourth-order valence-corrected chi connectivity index (χ4v) is 3.34. The van der Waals surface area contributed by atoms with Gasteiger partial charge in [0, 0.05) is 12.2 Å². The van der Waals surface area contributed by atoms with Gasteiger partial charge in [0.2, 0.25) is 0 Å². The summed E-state index contributed by atoms with van der Waals surface area (Å²) in [5.74, 6) is -0.863. The summed E-state index contributed by atoms with van der Waals surface area (Å²) in [7, 11) is -0.511. The summed E-state index contributed by atoms with van der Waals surface area (Å²) < 4.78 is 5.61. The molecule has 0 amide bonds. The first kappa shape index (κ1) is 17.4. The first-order chi connectivity index (χ1) is 8.61. The summed E-state index contributed by atoms with van der Waals surface area (Å²) in [4.78, 5) is 10.7. The quantitative estimate of drug-likeness (QED) is 0.337. The molecule has 0 saturated heterocycles. The average Bonchev–Trinajstić information content (AvgIpc) is 2.36. The number of hydrogen-bond acceptors (Lipinski definition) is 2. The van der Waals surface area contributed by atoms with Gasteiger partial charge >= 0.3 is 5.97 Å². The van der Waals surface area contributed by atoms with Crippen molar-refractivity contribution in [3.05, 3.63) is 12.2 Å². The van der Waals surface area contributed by atoms with Crippen LogP contribution in [0.2, 0.25) is 5.54 Å². The third-order valence-electron chi connectivity index (χ3n) is 3.18. The minimum Gasteiger partial charge on any atom is -0.478 e. The number of carbonyl (C=O) groups is 1. The van der Waals surface area contributed by atoms with Crippen LogP contribution in [0, 0.1) is 0 Å². The van der Waals surface area contributed by atoms with E-state index >= 15 is 0 Å². The monoisotopic (exact) mass is 272 g/mol. The van der Waals surface area contributed by atoms with Gasteiger partial charge in [-0.3, -0.25) is 0 Å². The van der Waals surface area contributed by atoms with Crippen molar-refractivity contribution in [2.24, 2.45) is 0 Å². The molecule has 1 N–H and O–H groups in total. The van der Waals surface area contributed by atoms with E-state index in [1.807, 2.05) is 6.92 Å². The van der Waals surface area contributed by atoms with E-state index in [4.69, 9.17) is 9.53 Å². The first-order valence-electron chi connectivity index (χ1n) is 7.10. The number of carboxylic acid groups (broad SMARTS) is 1. The number of unbranched alkanes of at least 4 members (excludes halogenated alkanes) is 3. The Hall–Kier alpha value is -0.613. The predicted octanol–water partition coefficient (Wildman–Crippen LogP) is 3.29. The van der Waals surface area contributed by atoms with E-state index in [1.54, 1.807) is 0 Å². The van der Waals surface area contributed by atoms with Gasteiger partial charge in [-0.2, -0.15) is 0 Å². The van der Waals surface area contributed by atoms with Gasteiger partial charge in [0.1, 0.15) is 0 Å². The van der Waals surface area contributed by atoms with Crippen molar-refractivity contribution in [1.82, 2.24) is 0 Å². The zero-order chi connectivity index (χ0) is 13.8. The summed E-state index contributed by atoms with van der Waals surface area (Å²) in [5, 5.41) is 8.80. The predicted molar refractivity (Wildman–Crippen MR) is 78.7 cm³/mol. The van der Waals surface area contributed by atoms with E-state index < -0.39 is 15.7 Å². The highest BCUT2D eigenvalue weighted by molar-refractivity contribution is 6.29. The minimum absolute atomic E-state index is 0.332. The van der Waals surface area contributed by atoms with E-state index in [-0.39, 0.29) is 0 Å². The van der Waals surface area contributed by atoms with Crippen molar-refractivity contribution >= 4 is 15.7 Å². The Morgan fingerprint density at radius 1 is 1.28 bits per heavy atom. The number of carboxylic acids is 1. The zero-order valence-corrected chi connectivity index (χ0v) is 13.3. The third-order valence-corrected chi connectivity index (χ3v) is 5.11. The van der Waals surface area contributed by atoms with Crippen LogP contribution in [-0.4, -0.2) is 27.4 Å². The molecule has 0 rings (SSSR count). The van der Waals surface area contributed by atoms with E-state index in [2.05, 4.69) is 13.5 Å². The van der Waals surface area contributed by atoms with Crippen molar-refractivity contribution in [1.29, 1.82) is 0 Å². The molecule has 0 aromatic rings. The normalized spacial score (nSPS) is 13.0. The molecule has 0 radical (unpaired) electrons. The molecule has 0 aromatic carbocycles. The molecule has 0 heterocycles. The van der Waals surface area contributed by atoms with Crippen LogP contribution >= 0.6 is 0 Å². The lowest BCUT2D eigenvalue weighted by molar-refractivity contribution is -0.132. The Labute approximate surface area is 114 Å². The van der Waals surface area contributed by atoms with Crippen LogP contribution in [0.1, 0.15) is 58.8 Å². The van der Waals surface area contributed by atoms with Crippen LogP contribution < -0.4 is 0 Å². The van der Waals surface area contributed by atoms with Gasteiger partial charge in [-0.25, -0.2) is 4.79 Å². The molecular weight excluding hydrogens is 244 g/mol. The van der Waals surface area contributed by atoms with Crippen molar-refractivity contribution in [2.75, 3.05) is 6.61 Å². The van der Waals surface area contributed by atoms with E-state index in [0.717, 1.165) is 13.0 Å². The van der Waals surface area contributed by atoms with Crippen LogP contribution in [0.4, 0.5) is 0 Å². The largest absolute Gasteiger partial charge is 0.478 e. The van der Waals surface area contributed by atoms with E-state index in [1.165, 1.54) is 32.1 Å². The second-order valence-electron chi connectivity index (χ2n) is 4.82. The summed E-state index contributed by atoms with van der Waals surface area (Å²) in [6.45, 7) is 8.62. The molecule has 0 bridgehead atoms. The summed E-state index contributed by atoms with van der Waals surface area (Å²) in [6, 6.07) is 0. The Morgan fingerprint density at radius 2 is 2.00 bits per heavy atom. The van der Waals surface area contributed by atoms with E-state index in [0.29, 0.717) is 17.5 Å². The van der Waals surface area contributed by atoms with Crippen molar-refractivity contribution < 1.29 is 14.3 Å². The number of rotatable bonds is 12. The fourth-order valence-electron chi connectivity index (χ4n) is 1.94. The van der Waals surface area contributed by atoms with Crippen LogP contribution in [0.3, 0.4) is 0 Å². The third kappa shape index (κ3) is 9.42. The smallest absolute Gasteiger partial charge is 0.330 e. The average molecular weight is 272 g/mol. The second-order valence-corrected chi connectivity index (χ2v) is 6.72. The van der Waals surface area contributed by atoms with Crippen LogP contribution in [0.25, 0.3) is 0 Å². The lowest BCUT2D eigenvalue weighted by Crippen LogP contribution is -2.10. The molecule has 0 aliphatic rings. The Balaban J connectivity index is 3.90. The van der Waals surface area contributed by atoms with Crippen LogP contribution in [0.15, 0.2) is 12.2 Å². The number of aliphatic carboxylic acids is 1. The molecule has 0 fully saturated rings. The topological polar surface area (TPSA) is 46.5 Å². The van der Waals surface area contributed by atoms with Gasteiger partial charge in [0.15, 0.2) is 9.76 Å². The molecule has 106 valence electrons.